The maximum Gasteiger partial charge on any atom is 0.309 e. The molecule has 0 heterocycles. The molecule has 0 saturated heterocycles. The fraction of sp³-hybridized carbons (Fsp3) is 0.500. The molecule has 0 amide bonds. The molecule has 1 aromatic rings. The zero-order chi connectivity index (χ0) is 15.5. The van der Waals surface area contributed by atoms with Crippen LogP contribution in [0.2, 0.25) is 0 Å². The van der Waals surface area contributed by atoms with Crippen LogP contribution in [0, 0.1) is 0 Å². The predicted octanol–water partition coefficient (Wildman–Crippen LogP) is 2.51. The fourth-order valence-corrected chi connectivity index (χ4v) is 1.78. The molecule has 0 saturated carbocycles. The summed E-state index contributed by atoms with van der Waals surface area (Å²) in [5.41, 5.74) is 0.896. The third-order valence-electron chi connectivity index (χ3n) is 3.02. The highest BCUT2D eigenvalue weighted by Gasteiger charge is 2.03. The second-order valence-electron chi connectivity index (χ2n) is 4.63. The van der Waals surface area contributed by atoms with Crippen LogP contribution < -0.4 is 4.74 Å². The van der Waals surface area contributed by atoms with E-state index in [4.69, 9.17) is 4.74 Å². The molecule has 0 unspecified atom stereocenters. The first-order chi connectivity index (χ1) is 10.2. The standard InChI is InChI=1S/C16H22O5/c1-19-15(17)6-4-3-5-11-21-14-9-7-13(8-10-14)12-16(18)20-2/h7-10H,3-6,11-12H2,1-2H3. The van der Waals surface area contributed by atoms with E-state index in [9.17, 15) is 9.59 Å². The minimum Gasteiger partial charge on any atom is -0.494 e. The number of unbranched alkanes of at least 4 members (excludes halogenated alkanes) is 2. The lowest BCUT2D eigenvalue weighted by Gasteiger charge is -2.07. The molecule has 0 aliphatic heterocycles. The first kappa shape index (κ1) is 17.0. The number of methoxy groups -OCH3 is 2. The van der Waals surface area contributed by atoms with Gasteiger partial charge in [-0.1, -0.05) is 12.1 Å². The van der Waals surface area contributed by atoms with Crippen molar-refractivity contribution in [1.82, 2.24) is 0 Å². The van der Waals surface area contributed by atoms with Crippen molar-refractivity contribution >= 4 is 11.9 Å². The molecule has 0 spiro atoms. The van der Waals surface area contributed by atoms with Gasteiger partial charge in [0.15, 0.2) is 0 Å². The topological polar surface area (TPSA) is 61.8 Å². The summed E-state index contributed by atoms with van der Waals surface area (Å²) >= 11 is 0. The summed E-state index contributed by atoms with van der Waals surface area (Å²) in [6.07, 6.45) is 3.35. The van der Waals surface area contributed by atoms with Gasteiger partial charge in [-0.05, 0) is 37.0 Å². The second-order valence-corrected chi connectivity index (χ2v) is 4.63. The SMILES string of the molecule is COC(=O)CCCCCOc1ccc(CC(=O)OC)cc1. The molecule has 0 aliphatic rings. The molecule has 0 atom stereocenters. The van der Waals surface area contributed by atoms with Gasteiger partial charge < -0.3 is 14.2 Å². The highest BCUT2D eigenvalue weighted by molar-refractivity contribution is 5.72. The third kappa shape index (κ3) is 7.34. The summed E-state index contributed by atoms with van der Waals surface area (Å²) in [6.45, 7) is 0.609. The van der Waals surface area contributed by atoms with E-state index in [1.165, 1.54) is 14.2 Å². The Labute approximate surface area is 125 Å². The Kier molecular flexibility index (Phi) is 7.94. The molecule has 0 aromatic heterocycles. The number of benzene rings is 1. The lowest BCUT2D eigenvalue weighted by atomic mass is 10.1. The van der Waals surface area contributed by atoms with Crippen molar-refractivity contribution in [2.24, 2.45) is 0 Å². The summed E-state index contributed by atoms with van der Waals surface area (Å²) in [4.78, 5) is 22.0. The van der Waals surface area contributed by atoms with E-state index in [0.29, 0.717) is 13.0 Å². The number of ether oxygens (including phenoxy) is 3. The zero-order valence-corrected chi connectivity index (χ0v) is 12.6. The average molecular weight is 294 g/mol. The molecular formula is C16H22O5. The molecule has 5 nitrogen and oxygen atoms in total. The lowest BCUT2D eigenvalue weighted by molar-refractivity contribution is -0.141. The van der Waals surface area contributed by atoms with Gasteiger partial charge in [0.1, 0.15) is 5.75 Å². The Balaban J connectivity index is 2.18. The fourth-order valence-electron chi connectivity index (χ4n) is 1.78. The van der Waals surface area contributed by atoms with Crippen LogP contribution in [0.1, 0.15) is 31.2 Å². The molecule has 0 bridgehead atoms. The van der Waals surface area contributed by atoms with Crippen LogP contribution in [-0.4, -0.2) is 32.8 Å². The van der Waals surface area contributed by atoms with E-state index in [-0.39, 0.29) is 18.4 Å². The van der Waals surface area contributed by atoms with Crippen molar-refractivity contribution in [2.75, 3.05) is 20.8 Å². The molecule has 116 valence electrons. The minimum atomic E-state index is -0.255. The van der Waals surface area contributed by atoms with Crippen molar-refractivity contribution in [3.8, 4) is 5.75 Å². The van der Waals surface area contributed by atoms with Crippen molar-refractivity contribution < 1.29 is 23.8 Å². The van der Waals surface area contributed by atoms with Crippen LogP contribution in [0.5, 0.6) is 5.75 Å². The monoisotopic (exact) mass is 294 g/mol. The number of esters is 2. The zero-order valence-electron chi connectivity index (χ0n) is 12.6. The molecule has 0 radical (unpaired) electrons. The molecular weight excluding hydrogens is 272 g/mol. The minimum absolute atomic E-state index is 0.169. The molecule has 1 aromatic carbocycles. The Hall–Kier alpha value is -2.04. The van der Waals surface area contributed by atoms with Gasteiger partial charge in [-0.15, -0.1) is 0 Å². The van der Waals surface area contributed by atoms with Gasteiger partial charge in [-0.25, -0.2) is 0 Å². The first-order valence-corrected chi connectivity index (χ1v) is 7.01. The number of hydrogen-bond donors (Lipinski definition) is 0. The quantitative estimate of drug-likeness (QED) is 0.517. The predicted molar refractivity (Wildman–Crippen MR) is 78.1 cm³/mol. The normalized spacial score (nSPS) is 10.0. The summed E-state index contributed by atoms with van der Waals surface area (Å²) in [5.74, 6) is 0.350. The van der Waals surface area contributed by atoms with Gasteiger partial charge >= 0.3 is 11.9 Å². The van der Waals surface area contributed by atoms with Crippen LogP contribution >= 0.6 is 0 Å². The van der Waals surface area contributed by atoms with Gasteiger partial charge in [0.2, 0.25) is 0 Å². The molecule has 5 heteroatoms. The van der Waals surface area contributed by atoms with Crippen molar-refractivity contribution in [1.29, 1.82) is 0 Å². The Morgan fingerprint density at radius 1 is 0.905 bits per heavy atom. The molecule has 0 fully saturated rings. The van der Waals surface area contributed by atoms with Crippen molar-refractivity contribution in [3.05, 3.63) is 29.8 Å². The van der Waals surface area contributed by atoms with Crippen LogP contribution in [0.4, 0.5) is 0 Å². The van der Waals surface area contributed by atoms with Gasteiger partial charge in [0, 0.05) is 6.42 Å². The van der Waals surface area contributed by atoms with Crippen LogP contribution in [-0.2, 0) is 25.5 Å². The smallest absolute Gasteiger partial charge is 0.309 e. The van der Waals surface area contributed by atoms with Crippen LogP contribution in [0.15, 0.2) is 24.3 Å². The van der Waals surface area contributed by atoms with E-state index >= 15 is 0 Å². The van der Waals surface area contributed by atoms with E-state index in [0.717, 1.165) is 30.6 Å². The molecule has 0 N–H and O–H groups in total. The Morgan fingerprint density at radius 2 is 1.57 bits per heavy atom. The summed E-state index contributed by atoms with van der Waals surface area (Å²) < 4.78 is 14.8. The second kappa shape index (κ2) is 9.80. The highest BCUT2D eigenvalue weighted by atomic mass is 16.5. The summed E-state index contributed by atoms with van der Waals surface area (Å²) in [7, 11) is 2.77. The van der Waals surface area contributed by atoms with Gasteiger partial charge in [-0.3, -0.25) is 9.59 Å². The Bertz CT molecular complexity index is 438. The molecule has 0 aliphatic carbocycles. The largest absolute Gasteiger partial charge is 0.494 e. The number of carbonyl (C=O) groups excluding carboxylic acids is 2. The van der Waals surface area contributed by atoms with E-state index < -0.39 is 0 Å². The highest BCUT2D eigenvalue weighted by Crippen LogP contribution is 2.13. The van der Waals surface area contributed by atoms with Gasteiger partial charge in [0.05, 0.1) is 27.2 Å². The van der Waals surface area contributed by atoms with Crippen molar-refractivity contribution in [2.45, 2.75) is 32.1 Å². The summed E-state index contributed by atoms with van der Waals surface area (Å²) in [5, 5.41) is 0. The van der Waals surface area contributed by atoms with E-state index in [2.05, 4.69) is 9.47 Å². The van der Waals surface area contributed by atoms with Crippen LogP contribution in [0.25, 0.3) is 0 Å². The van der Waals surface area contributed by atoms with E-state index in [1.807, 2.05) is 24.3 Å². The van der Waals surface area contributed by atoms with Crippen LogP contribution in [0.3, 0.4) is 0 Å². The number of rotatable bonds is 9. The first-order valence-electron chi connectivity index (χ1n) is 7.01. The average Bonchev–Trinajstić information content (AvgIpc) is 2.51. The number of carbonyl (C=O) groups is 2. The third-order valence-corrected chi connectivity index (χ3v) is 3.02. The van der Waals surface area contributed by atoms with E-state index in [1.54, 1.807) is 0 Å². The summed E-state index contributed by atoms with van der Waals surface area (Å²) in [6, 6.07) is 7.38. The molecule has 1 rings (SSSR count). The maximum atomic E-state index is 11.1. The van der Waals surface area contributed by atoms with Gasteiger partial charge in [0.25, 0.3) is 0 Å². The van der Waals surface area contributed by atoms with Crippen molar-refractivity contribution in [3.63, 3.8) is 0 Å². The maximum absolute atomic E-state index is 11.1. The lowest BCUT2D eigenvalue weighted by Crippen LogP contribution is -2.04. The number of hydrogen-bond acceptors (Lipinski definition) is 5. The molecule has 21 heavy (non-hydrogen) atoms. The Morgan fingerprint density at radius 3 is 2.19 bits per heavy atom. The van der Waals surface area contributed by atoms with Gasteiger partial charge in [-0.2, -0.15) is 0 Å².